The van der Waals surface area contributed by atoms with Crippen LogP contribution in [0.2, 0.25) is 0 Å². The van der Waals surface area contributed by atoms with Crippen molar-refractivity contribution in [2.45, 2.75) is 62.8 Å². The molecular formula is C17H24F2N2. The van der Waals surface area contributed by atoms with Gasteiger partial charge in [-0.1, -0.05) is 30.7 Å². The quantitative estimate of drug-likeness (QED) is 0.642. The topological polar surface area (TPSA) is 38.0 Å². The summed E-state index contributed by atoms with van der Waals surface area (Å²) in [6.07, 6.45) is 4.94. The Morgan fingerprint density at radius 1 is 1.05 bits per heavy atom. The molecule has 3 N–H and O–H groups in total. The molecule has 1 unspecified atom stereocenters. The standard InChI is InChI=1S/C17H24F2N2/c18-17(19)10-8-15(9-11-17)16(21-20)14-6-4-13(5-7-14)12-2-1-3-12/h4-7,12,15-16,21H,1-3,8-11,20H2. The Balaban J connectivity index is 1.68. The van der Waals surface area contributed by atoms with Crippen LogP contribution in [0.4, 0.5) is 8.78 Å². The average Bonchev–Trinajstić information content (AvgIpc) is 2.41. The van der Waals surface area contributed by atoms with Crippen molar-refractivity contribution >= 4 is 0 Å². The Morgan fingerprint density at radius 3 is 2.14 bits per heavy atom. The predicted octanol–water partition coefficient (Wildman–Crippen LogP) is 4.28. The minimum Gasteiger partial charge on any atom is -0.271 e. The first-order valence-electron chi connectivity index (χ1n) is 8.03. The second-order valence-corrected chi connectivity index (χ2v) is 6.63. The van der Waals surface area contributed by atoms with Gasteiger partial charge in [-0.15, -0.1) is 0 Å². The molecule has 2 aliphatic rings. The molecule has 1 aromatic carbocycles. The molecule has 0 saturated heterocycles. The van der Waals surface area contributed by atoms with Crippen LogP contribution in [-0.2, 0) is 0 Å². The lowest BCUT2D eigenvalue weighted by atomic mass is 9.78. The second kappa shape index (κ2) is 6.01. The number of hydrogen-bond donors (Lipinski definition) is 2. The summed E-state index contributed by atoms with van der Waals surface area (Å²) < 4.78 is 26.6. The maximum Gasteiger partial charge on any atom is 0.248 e. The van der Waals surface area contributed by atoms with Crippen molar-refractivity contribution in [1.82, 2.24) is 5.43 Å². The number of alkyl halides is 2. The van der Waals surface area contributed by atoms with Crippen LogP contribution in [0.25, 0.3) is 0 Å². The van der Waals surface area contributed by atoms with E-state index in [0.29, 0.717) is 12.8 Å². The van der Waals surface area contributed by atoms with E-state index >= 15 is 0 Å². The highest BCUT2D eigenvalue weighted by molar-refractivity contribution is 5.29. The highest BCUT2D eigenvalue weighted by Gasteiger charge is 2.37. The van der Waals surface area contributed by atoms with Crippen LogP contribution >= 0.6 is 0 Å². The fourth-order valence-electron chi connectivity index (χ4n) is 3.62. The summed E-state index contributed by atoms with van der Waals surface area (Å²) in [5, 5.41) is 0. The lowest BCUT2D eigenvalue weighted by Gasteiger charge is -2.34. The first-order valence-corrected chi connectivity index (χ1v) is 8.03. The fourth-order valence-corrected chi connectivity index (χ4v) is 3.62. The number of halogens is 2. The third-order valence-electron chi connectivity index (χ3n) is 5.28. The normalized spacial score (nSPS) is 24.5. The monoisotopic (exact) mass is 294 g/mol. The minimum atomic E-state index is -2.48. The van der Waals surface area contributed by atoms with Crippen LogP contribution in [0.5, 0.6) is 0 Å². The molecule has 2 saturated carbocycles. The maximum atomic E-state index is 13.3. The van der Waals surface area contributed by atoms with Crippen molar-refractivity contribution in [3.8, 4) is 0 Å². The minimum absolute atomic E-state index is 0.0171. The van der Waals surface area contributed by atoms with Crippen molar-refractivity contribution in [2.24, 2.45) is 11.8 Å². The maximum absolute atomic E-state index is 13.3. The van der Waals surface area contributed by atoms with Gasteiger partial charge in [0.25, 0.3) is 0 Å². The zero-order valence-corrected chi connectivity index (χ0v) is 12.3. The van der Waals surface area contributed by atoms with Gasteiger partial charge in [0.15, 0.2) is 0 Å². The molecule has 2 nitrogen and oxygen atoms in total. The van der Waals surface area contributed by atoms with Crippen LogP contribution in [0.15, 0.2) is 24.3 Å². The van der Waals surface area contributed by atoms with Crippen LogP contribution in [0.1, 0.15) is 68.0 Å². The number of nitrogens with one attached hydrogen (secondary N) is 1. The van der Waals surface area contributed by atoms with Gasteiger partial charge in [0.2, 0.25) is 5.92 Å². The summed E-state index contributed by atoms with van der Waals surface area (Å²) >= 11 is 0. The molecule has 0 bridgehead atoms. The van der Waals surface area contributed by atoms with Gasteiger partial charge in [0.1, 0.15) is 0 Å². The third-order valence-corrected chi connectivity index (χ3v) is 5.28. The molecule has 2 fully saturated rings. The Kier molecular flexibility index (Phi) is 4.27. The van der Waals surface area contributed by atoms with E-state index in [2.05, 4.69) is 29.7 Å². The summed E-state index contributed by atoms with van der Waals surface area (Å²) in [4.78, 5) is 0. The van der Waals surface area contributed by atoms with E-state index < -0.39 is 5.92 Å². The predicted molar refractivity (Wildman–Crippen MR) is 80.0 cm³/mol. The molecular weight excluding hydrogens is 270 g/mol. The average molecular weight is 294 g/mol. The van der Waals surface area contributed by atoms with Crippen molar-refractivity contribution < 1.29 is 8.78 Å². The van der Waals surface area contributed by atoms with Crippen molar-refractivity contribution in [3.63, 3.8) is 0 Å². The van der Waals surface area contributed by atoms with Gasteiger partial charge in [0.05, 0.1) is 0 Å². The molecule has 0 spiro atoms. The zero-order chi connectivity index (χ0) is 14.9. The van der Waals surface area contributed by atoms with Crippen molar-refractivity contribution in [2.75, 3.05) is 0 Å². The van der Waals surface area contributed by atoms with E-state index in [1.807, 2.05) is 0 Å². The Hall–Kier alpha value is -1.00. The van der Waals surface area contributed by atoms with Gasteiger partial charge in [-0.05, 0) is 48.6 Å². The highest BCUT2D eigenvalue weighted by Crippen LogP contribution is 2.42. The van der Waals surface area contributed by atoms with E-state index in [0.717, 1.165) is 11.5 Å². The van der Waals surface area contributed by atoms with Gasteiger partial charge in [0, 0.05) is 18.9 Å². The molecule has 0 heterocycles. The van der Waals surface area contributed by atoms with Crippen molar-refractivity contribution in [3.05, 3.63) is 35.4 Å². The number of benzene rings is 1. The molecule has 116 valence electrons. The largest absolute Gasteiger partial charge is 0.271 e. The highest BCUT2D eigenvalue weighted by atomic mass is 19.3. The lowest BCUT2D eigenvalue weighted by Crippen LogP contribution is -2.37. The molecule has 3 rings (SSSR count). The number of hydrogen-bond acceptors (Lipinski definition) is 2. The van der Waals surface area contributed by atoms with Gasteiger partial charge >= 0.3 is 0 Å². The molecule has 0 aromatic heterocycles. The van der Waals surface area contributed by atoms with E-state index in [1.165, 1.54) is 24.8 Å². The van der Waals surface area contributed by atoms with Crippen LogP contribution in [-0.4, -0.2) is 5.92 Å². The van der Waals surface area contributed by atoms with Gasteiger partial charge in [-0.2, -0.15) is 0 Å². The number of hydrazine groups is 1. The molecule has 21 heavy (non-hydrogen) atoms. The second-order valence-electron chi connectivity index (χ2n) is 6.63. The van der Waals surface area contributed by atoms with E-state index in [-0.39, 0.29) is 24.8 Å². The Bertz CT molecular complexity index is 458. The molecule has 0 aliphatic heterocycles. The lowest BCUT2D eigenvalue weighted by molar-refractivity contribution is -0.0497. The first kappa shape index (κ1) is 14.9. The zero-order valence-electron chi connectivity index (χ0n) is 12.3. The van der Waals surface area contributed by atoms with Gasteiger partial charge in [-0.25, -0.2) is 8.78 Å². The van der Waals surface area contributed by atoms with E-state index in [1.54, 1.807) is 0 Å². The summed E-state index contributed by atoms with van der Waals surface area (Å²) in [7, 11) is 0. The molecule has 0 amide bonds. The molecule has 4 heteroatoms. The smallest absolute Gasteiger partial charge is 0.248 e. The van der Waals surface area contributed by atoms with Crippen LogP contribution in [0, 0.1) is 5.92 Å². The molecule has 2 aliphatic carbocycles. The Labute approximate surface area is 125 Å². The third kappa shape index (κ3) is 3.27. The number of rotatable bonds is 4. The van der Waals surface area contributed by atoms with Crippen LogP contribution in [0.3, 0.4) is 0 Å². The number of nitrogens with two attached hydrogens (primary N) is 1. The van der Waals surface area contributed by atoms with Gasteiger partial charge < -0.3 is 0 Å². The fraction of sp³-hybridized carbons (Fsp3) is 0.647. The van der Waals surface area contributed by atoms with E-state index in [9.17, 15) is 8.78 Å². The summed E-state index contributed by atoms with van der Waals surface area (Å²) in [6, 6.07) is 8.58. The summed E-state index contributed by atoms with van der Waals surface area (Å²) in [6.45, 7) is 0. The van der Waals surface area contributed by atoms with Gasteiger partial charge in [-0.3, -0.25) is 11.3 Å². The molecule has 0 radical (unpaired) electrons. The van der Waals surface area contributed by atoms with E-state index in [4.69, 9.17) is 5.84 Å². The molecule has 1 atom stereocenters. The van der Waals surface area contributed by atoms with Crippen molar-refractivity contribution in [1.29, 1.82) is 0 Å². The summed E-state index contributed by atoms with van der Waals surface area (Å²) in [5.41, 5.74) is 5.37. The SMILES string of the molecule is NNC(c1ccc(C2CCC2)cc1)C1CCC(F)(F)CC1. The summed E-state index contributed by atoms with van der Waals surface area (Å²) in [5.74, 6) is 4.14. The first-order chi connectivity index (χ1) is 10.1. The molecule has 1 aromatic rings. The van der Waals surface area contributed by atoms with Crippen LogP contribution < -0.4 is 11.3 Å². The Morgan fingerprint density at radius 2 is 1.67 bits per heavy atom.